The molecule has 29 heavy (non-hydrogen) atoms. The number of para-hydroxylation sites is 1. The summed E-state index contributed by atoms with van der Waals surface area (Å²) in [6.07, 6.45) is 3.21. The number of carbonyl (C=O) groups is 1. The topological polar surface area (TPSA) is 97.0 Å². The lowest BCUT2D eigenvalue weighted by Gasteiger charge is -2.10. The van der Waals surface area contributed by atoms with Crippen LogP contribution in [0.4, 0.5) is 11.7 Å². The van der Waals surface area contributed by atoms with E-state index in [0.29, 0.717) is 17.0 Å². The number of carbonyl (C=O) groups excluding carboxylic acids is 1. The molecule has 8 nitrogen and oxygen atoms in total. The lowest BCUT2D eigenvalue weighted by atomic mass is 10.1. The van der Waals surface area contributed by atoms with Crippen LogP contribution in [-0.2, 0) is 0 Å². The number of nitrogens with one attached hydrogen (secondary N) is 1. The molecule has 1 amide bonds. The Balaban J connectivity index is 1.56. The van der Waals surface area contributed by atoms with Crippen molar-refractivity contribution in [2.24, 2.45) is 0 Å². The maximum atomic E-state index is 12.0. The molecular weight excluding hydrogens is 368 g/mol. The lowest BCUT2D eigenvalue weighted by molar-refractivity contribution is 0.0827. The second-order valence-electron chi connectivity index (χ2n) is 6.47. The molecule has 0 saturated carbocycles. The van der Waals surface area contributed by atoms with Gasteiger partial charge in [-0.3, -0.25) is 9.78 Å². The highest BCUT2D eigenvalue weighted by Gasteiger charge is 2.13. The summed E-state index contributed by atoms with van der Waals surface area (Å²) in [5.74, 6) is 0.206. The molecule has 0 aliphatic rings. The van der Waals surface area contributed by atoms with Crippen molar-refractivity contribution in [2.75, 3.05) is 19.4 Å². The number of rotatable bonds is 5. The second-order valence-corrected chi connectivity index (χ2v) is 6.47. The first kappa shape index (κ1) is 18.3. The van der Waals surface area contributed by atoms with E-state index in [1.807, 2.05) is 42.5 Å². The van der Waals surface area contributed by atoms with Gasteiger partial charge in [0.15, 0.2) is 0 Å². The Morgan fingerprint density at radius 2 is 1.66 bits per heavy atom. The maximum absolute atomic E-state index is 12.0. The molecule has 0 spiro atoms. The molecule has 0 bridgehead atoms. The van der Waals surface area contributed by atoms with Crippen molar-refractivity contribution in [3.63, 3.8) is 0 Å². The minimum absolute atomic E-state index is 0.0549. The number of nitrogens with zero attached hydrogens (tertiary/aromatic N) is 5. The molecule has 8 heteroatoms. The predicted molar refractivity (Wildman–Crippen MR) is 109 cm³/mol. The van der Waals surface area contributed by atoms with Crippen LogP contribution >= 0.6 is 0 Å². The summed E-state index contributed by atoms with van der Waals surface area (Å²) in [5, 5.41) is 11.1. The van der Waals surface area contributed by atoms with Crippen LogP contribution in [0, 0.1) is 0 Å². The number of benzene rings is 2. The summed E-state index contributed by atoms with van der Waals surface area (Å²) in [6.45, 7) is 0. The van der Waals surface area contributed by atoms with E-state index in [4.69, 9.17) is 4.42 Å². The molecule has 4 rings (SSSR count). The normalized spacial score (nSPS) is 10.6. The lowest BCUT2D eigenvalue weighted by Crippen LogP contribution is -2.21. The molecule has 0 atom stereocenters. The number of hydrogen-bond donors (Lipinski definition) is 1. The Bertz CT molecular complexity index is 1120. The molecule has 4 aromatic rings. The van der Waals surface area contributed by atoms with E-state index in [1.54, 1.807) is 38.6 Å². The van der Waals surface area contributed by atoms with Gasteiger partial charge in [0.2, 0.25) is 0 Å². The molecule has 0 radical (unpaired) electrons. The summed E-state index contributed by atoms with van der Waals surface area (Å²) < 4.78 is 5.66. The fourth-order valence-electron chi connectivity index (χ4n) is 2.67. The van der Waals surface area contributed by atoms with Crippen molar-refractivity contribution in [3.05, 3.63) is 72.6 Å². The Hall–Kier alpha value is -4.07. The highest BCUT2D eigenvalue weighted by molar-refractivity contribution is 5.94. The van der Waals surface area contributed by atoms with Crippen LogP contribution in [0.1, 0.15) is 10.4 Å². The van der Waals surface area contributed by atoms with Crippen molar-refractivity contribution < 1.29 is 9.21 Å². The quantitative estimate of drug-likeness (QED) is 0.559. The van der Waals surface area contributed by atoms with Gasteiger partial charge in [-0.25, -0.2) is 4.98 Å². The molecule has 2 aromatic carbocycles. The van der Waals surface area contributed by atoms with Crippen LogP contribution in [0.25, 0.3) is 22.8 Å². The Labute approximate surface area is 167 Å². The SMILES string of the molecule is CN(C)C(=O)c1ccc(-c2cncc(-c3nnc(Nc4ccccc4)o3)n2)cc1. The Morgan fingerprint density at radius 3 is 2.38 bits per heavy atom. The summed E-state index contributed by atoms with van der Waals surface area (Å²) >= 11 is 0. The summed E-state index contributed by atoms with van der Waals surface area (Å²) in [4.78, 5) is 22.4. The van der Waals surface area contributed by atoms with Gasteiger partial charge in [0.1, 0.15) is 5.69 Å². The van der Waals surface area contributed by atoms with Crippen molar-refractivity contribution in [2.45, 2.75) is 0 Å². The first-order chi connectivity index (χ1) is 14.1. The van der Waals surface area contributed by atoms with Gasteiger partial charge in [0, 0.05) is 30.9 Å². The molecule has 144 valence electrons. The maximum Gasteiger partial charge on any atom is 0.320 e. The van der Waals surface area contributed by atoms with Gasteiger partial charge in [0.25, 0.3) is 11.8 Å². The van der Waals surface area contributed by atoms with E-state index in [9.17, 15) is 4.79 Å². The Kier molecular flexibility index (Phi) is 4.98. The monoisotopic (exact) mass is 386 g/mol. The van der Waals surface area contributed by atoms with Crippen LogP contribution in [-0.4, -0.2) is 45.1 Å². The summed E-state index contributed by atoms with van der Waals surface area (Å²) in [7, 11) is 3.44. The van der Waals surface area contributed by atoms with E-state index in [2.05, 4.69) is 25.5 Å². The van der Waals surface area contributed by atoms with Crippen molar-refractivity contribution in [3.8, 4) is 22.8 Å². The van der Waals surface area contributed by atoms with Gasteiger partial charge in [-0.15, -0.1) is 5.10 Å². The number of anilines is 2. The minimum atomic E-state index is -0.0549. The van der Waals surface area contributed by atoms with E-state index in [1.165, 1.54) is 4.90 Å². The van der Waals surface area contributed by atoms with E-state index < -0.39 is 0 Å². The Morgan fingerprint density at radius 1 is 0.931 bits per heavy atom. The van der Waals surface area contributed by atoms with Crippen molar-refractivity contribution in [1.82, 2.24) is 25.1 Å². The molecule has 0 saturated heterocycles. The zero-order valence-corrected chi connectivity index (χ0v) is 15.9. The minimum Gasteiger partial charge on any atom is -0.401 e. The third-order valence-electron chi connectivity index (χ3n) is 4.14. The smallest absolute Gasteiger partial charge is 0.320 e. The van der Waals surface area contributed by atoms with Crippen LogP contribution in [0.3, 0.4) is 0 Å². The van der Waals surface area contributed by atoms with E-state index in [-0.39, 0.29) is 17.8 Å². The molecule has 0 unspecified atom stereocenters. The van der Waals surface area contributed by atoms with E-state index >= 15 is 0 Å². The van der Waals surface area contributed by atoms with Gasteiger partial charge < -0.3 is 14.6 Å². The van der Waals surface area contributed by atoms with Gasteiger partial charge in [0.05, 0.1) is 18.1 Å². The molecule has 0 aliphatic heterocycles. The van der Waals surface area contributed by atoms with Gasteiger partial charge >= 0.3 is 6.01 Å². The van der Waals surface area contributed by atoms with Gasteiger partial charge in [-0.2, -0.15) is 0 Å². The van der Waals surface area contributed by atoms with Gasteiger partial charge in [-0.1, -0.05) is 35.4 Å². The van der Waals surface area contributed by atoms with Gasteiger partial charge in [-0.05, 0) is 24.3 Å². The average Bonchev–Trinajstić information content (AvgIpc) is 3.22. The highest BCUT2D eigenvalue weighted by atomic mass is 16.4. The first-order valence-electron chi connectivity index (χ1n) is 8.90. The molecule has 0 aliphatic carbocycles. The first-order valence-corrected chi connectivity index (χ1v) is 8.90. The predicted octanol–water partition coefficient (Wildman–Crippen LogP) is 3.64. The van der Waals surface area contributed by atoms with Crippen LogP contribution < -0.4 is 5.32 Å². The van der Waals surface area contributed by atoms with Crippen LogP contribution in [0.15, 0.2) is 71.4 Å². The molecule has 1 N–H and O–H groups in total. The second kappa shape index (κ2) is 7.89. The zero-order valence-electron chi connectivity index (χ0n) is 15.9. The summed E-state index contributed by atoms with van der Waals surface area (Å²) in [6, 6.07) is 17.0. The zero-order chi connectivity index (χ0) is 20.2. The third kappa shape index (κ3) is 4.11. The standard InChI is InChI=1S/C21H18N6O2/c1-27(2)20(28)15-10-8-14(9-11-15)17-12-22-13-18(24-17)19-25-26-21(29-19)23-16-6-4-3-5-7-16/h3-13H,1-2H3,(H,23,26). The molecule has 0 fully saturated rings. The van der Waals surface area contributed by atoms with E-state index in [0.717, 1.165) is 11.3 Å². The van der Waals surface area contributed by atoms with Crippen molar-refractivity contribution in [1.29, 1.82) is 0 Å². The fourth-order valence-corrected chi connectivity index (χ4v) is 2.67. The van der Waals surface area contributed by atoms with Crippen LogP contribution in [0.5, 0.6) is 0 Å². The number of aromatic nitrogens is 4. The third-order valence-corrected chi connectivity index (χ3v) is 4.14. The fraction of sp³-hybridized carbons (Fsp3) is 0.0952. The average molecular weight is 386 g/mol. The highest BCUT2D eigenvalue weighted by Crippen LogP contribution is 2.23. The molecule has 2 aromatic heterocycles. The molecule has 2 heterocycles. The number of hydrogen-bond acceptors (Lipinski definition) is 7. The largest absolute Gasteiger partial charge is 0.401 e. The number of amides is 1. The molecular formula is C21H18N6O2. The van der Waals surface area contributed by atoms with Crippen molar-refractivity contribution >= 4 is 17.6 Å². The van der Waals surface area contributed by atoms with Crippen LogP contribution in [0.2, 0.25) is 0 Å². The summed E-state index contributed by atoms with van der Waals surface area (Å²) in [5.41, 5.74) is 3.38.